The van der Waals surface area contributed by atoms with Gasteiger partial charge in [-0.3, -0.25) is 0 Å². The Hall–Kier alpha value is -0.810. The number of fused-ring (bicyclic) bond motifs is 2. The molecule has 126 valence electrons. The zero-order valence-electron chi connectivity index (χ0n) is 14.4. The minimum atomic E-state index is -3.26. The van der Waals surface area contributed by atoms with Crippen molar-refractivity contribution in [2.24, 2.45) is 4.40 Å². The van der Waals surface area contributed by atoms with E-state index in [1.165, 1.54) is 29.6 Å². The Labute approximate surface area is 143 Å². The summed E-state index contributed by atoms with van der Waals surface area (Å²) in [5.41, 5.74) is 2.45. The van der Waals surface area contributed by atoms with Crippen LogP contribution in [0.5, 0.6) is 0 Å². The molecule has 0 saturated carbocycles. The van der Waals surface area contributed by atoms with Gasteiger partial charge in [0.2, 0.25) is 10.0 Å². The maximum absolute atomic E-state index is 11.4. The maximum Gasteiger partial charge on any atom is 0.250 e. The summed E-state index contributed by atoms with van der Waals surface area (Å²) in [5.74, 6) is 0. The molecule has 0 aliphatic carbocycles. The van der Waals surface area contributed by atoms with Gasteiger partial charge in [0.1, 0.15) is 10.5 Å². The van der Waals surface area contributed by atoms with Gasteiger partial charge in [-0.05, 0) is 23.1 Å². The van der Waals surface area contributed by atoms with E-state index in [9.17, 15) is 8.42 Å². The van der Waals surface area contributed by atoms with Gasteiger partial charge in [-0.2, -0.15) is 4.40 Å². The van der Waals surface area contributed by atoms with Gasteiger partial charge in [0.05, 0.1) is 6.26 Å². The fourth-order valence-corrected chi connectivity index (χ4v) is 7.60. The van der Waals surface area contributed by atoms with Crippen LogP contribution in [0.1, 0.15) is 52.0 Å². The molecule has 0 amide bonds. The summed E-state index contributed by atoms with van der Waals surface area (Å²) in [6, 6.07) is 9.13. The lowest BCUT2D eigenvalue weighted by Gasteiger charge is -2.24. The third-order valence-electron chi connectivity index (χ3n) is 4.74. The molecule has 0 aromatic heterocycles. The van der Waals surface area contributed by atoms with Gasteiger partial charge in [-0.25, -0.2) is 8.42 Å². The van der Waals surface area contributed by atoms with Gasteiger partial charge in [-0.15, -0.1) is 0 Å². The Balaban J connectivity index is 1.82. The lowest BCUT2D eigenvalue weighted by atomic mass is 9.87. The lowest BCUT2D eigenvalue weighted by Crippen LogP contribution is -2.34. The Morgan fingerprint density at radius 3 is 2.00 bits per heavy atom. The highest BCUT2D eigenvalue weighted by molar-refractivity contribution is 7.98. The third-order valence-corrected chi connectivity index (χ3v) is 8.39. The topological polar surface area (TPSA) is 46.5 Å². The molecule has 5 heteroatoms. The van der Waals surface area contributed by atoms with E-state index >= 15 is 0 Å². The monoisotopic (exact) mass is 352 g/mol. The van der Waals surface area contributed by atoms with Gasteiger partial charge in [0.15, 0.2) is 4.90 Å². The second kappa shape index (κ2) is 5.92. The number of nitrogens with zero attached hydrogens (tertiary/aromatic N) is 1. The number of rotatable bonds is 2. The molecule has 0 N–H and O–H groups in total. The van der Waals surface area contributed by atoms with Gasteiger partial charge >= 0.3 is 0 Å². The number of hydrogen-bond acceptors (Lipinski definition) is 2. The molecule has 2 atom stereocenters. The summed E-state index contributed by atoms with van der Waals surface area (Å²) in [4.78, 5) is 1.45. The van der Waals surface area contributed by atoms with Gasteiger partial charge in [0, 0.05) is 42.3 Å². The molecule has 3 nitrogen and oxygen atoms in total. The van der Waals surface area contributed by atoms with Crippen LogP contribution in [0.2, 0.25) is 0 Å². The van der Waals surface area contributed by atoms with Crippen molar-refractivity contribution in [2.75, 3.05) is 6.26 Å². The first-order valence-electron chi connectivity index (χ1n) is 8.23. The van der Waals surface area contributed by atoms with E-state index in [2.05, 4.69) is 49.4 Å². The summed E-state index contributed by atoms with van der Waals surface area (Å²) >= 11 is 0. The largest absolute Gasteiger partial charge is 0.250 e. The van der Waals surface area contributed by atoms with E-state index in [1.807, 2.05) is 0 Å². The predicted octanol–water partition coefficient (Wildman–Crippen LogP) is 3.69. The van der Waals surface area contributed by atoms with E-state index in [0.717, 1.165) is 18.6 Å². The molecule has 0 radical (unpaired) electrons. The smallest absolute Gasteiger partial charge is 0.205 e. The molecule has 2 unspecified atom stereocenters. The number of hydrogen-bond donors (Lipinski definition) is 0. The van der Waals surface area contributed by atoms with E-state index < -0.39 is 10.0 Å². The van der Waals surface area contributed by atoms with E-state index in [4.69, 9.17) is 0 Å². The van der Waals surface area contributed by atoms with Crippen molar-refractivity contribution in [3.05, 3.63) is 29.8 Å². The highest BCUT2D eigenvalue weighted by atomic mass is 32.2. The highest BCUT2D eigenvalue weighted by Crippen LogP contribution is 2.43. The SMILES string of the molecule is CC(C)(C)c1ccc([S+]2C3CCC2CC(=NS(C)(=O)=O)C3)cc1. The molecule has 23 heavy (non-hydrogen) atoms. The first-order chi connectivity index (χ1) is 10.6. The summed E-state index contributed by atoms with van der Waals surface area (Å²) in [5, 5.41) is 1.16. The van der Waals surface area contributed by atoms with Crippen LogP contribution in [-0.2, 0) is 26.3 Å². The molecular weight excluding hydrogens is 326 g/mol. The van der Waals surface area contributed by atoms with Crippen LogP contribution in [0.15, 0.2) is 33.6 Å². The predicted molar refractivity (Wildman–Crippen MR) is 99.1 cm³/mol. The standard InChI is InChI=1S/C18H26NO2S2/c1-18(2,3)13-5-7-15(8-6-13)22-16-9-10-17(22)12-14(11-16)19-23(4,20)21/h5-8,16-17H,9-12H2,1-4H3/q+1. The average molecular weight is 353 g/mol. The van der Waals surface area contributed by atoms with Crippen molar-refractivity contribution in [2.45, 2.75) is 67.3 Å². The summed E-state index contributed by atoms with van der Waals surface area (Å²) in [7, 11) is -3.00. The second-order valence-electron chi connectivity index (χ2n) is 7.77. The van der Waals surface area contributed by atoms with Crippen LogP contribution in [0, 0.1) is 0 Å². The zero-order chi connectivity index (χ0) is 16.8. The average Bonchev–Trinajstić information content (AvgIpc) is 2.68. The van der Waals surface area contributed by atoms with Crippen LogP contribution in [0.25, 0.3) is 0 Å². The fraction of sp³-hybridized carbons (Fsp3) is 0.611. The number of benzene rings is 1. The van der Waals surface area contributed by atoms with E-state index in [-0.39, 0.29) is 16.3 Å². The minimum absolute atomic E-state index is 0.183. The molecule has 2 saturated heterocycles. The normalized spacial score (nSPS) is 28.0. The van der Waals surface area contributed by atoms with Crippen molar-refractivity contribution >= 4 is 26.6 Å². The Bertz CT molecular complexity index is 698. The minimum Gasteiger partial charge on any atom is -0.205 e. The molecule has 2 aliphatic heterocycles. The van der Waals surface area contributed by atoms with Crippen molar-refractivity contribution in [1.82, 2.24) is 0 Å². The van der Waals surface area contributed by atoms with Crippen LogP contribution in [-0.4, -0.2) is 30.9 Å². The van der Waals surface area contributed by atoms with Crippen molar-refractivity contribution in [3.63, 3.8) is 0 Å². The van der Waals surface area contributed by atoms with E-state index in [1.54, 1.807) is 0 Å². The molecule has 2 bridgehead atoms. The Morgan fingerprint density at radius 2 is 1.57 bits per heavy atom. The summed E-state index contributed by atoms with van der Waals surface area (Å²) in [6.45, 7) is 6.72. The van der Waals surface area contributed by atoms with Gasteiger partial charge in [-0.1, -0.05) is 32.9 Å². The first kappa shape index (κ1) is 17.0. The zero-order valence-corrected chi connectivity index (χ0v) is 16.0. The molecule has 2 aliphatic rings. The molecule has 2 fully saturated rings. The van der Waals surface area contributed by atoms with Crippen LogP contribution in [0.3, 0.4) is 0 Å². The van der Waals surface area contributed by atoms with Crippen molar-refractivity contribution in [1.29, 1.82) is 0 Å². The van der Waals surface area contributed by atoms with Crippen LogP contribution < -0.4 is 0 Å². The molecule has 1 aromatic carbocycles. The van der Waals surface area contributed by atoms with Gasteiger partial charge < -0.3 is 0 Å². The molecule has 2 heterocycles. The molecule has 3 rings (SSSR count). The quantitative estimate of drug-likeness (QED) is 0.762. The maximum atomic E-state index is 11.4. The molecular formula is C18H26NO2S2+. The van der Waals surface area contributed by atoms with Crippen molar-refractivity contribution < 1.29 is 8.42 Å². The number of sulfonamides is 1. The third kappa shape index (κ3) is 3.82. The van der Waals surface area contributed by atoms with Crippen molar-refractivity contribution in [3.8, 4) is 0 Å². The molecule has 0 spiro atoms. The highest BCUT2D eigenvalue weighted by Gasteiger charge is 2.51. The van der Waals surface area contributed by atoms with Crippen LogP contribution in [0.4, 0.5) is 0 Å². The molecule has 1 aromatic rings. The first-order valence-corrected chi connectivity index (χ1v) is 11.4. The lowest BCUT2D eigenvalue weighted by molar-refractivity contribution is 0.589. The summed E-state index contributed by atoms with van der Waals surface area (Å²) < 4.78 is 26.8. The Morgan fingerprint density at radius 1 is 1.04 bits per heavy atom. The van der Waals surface area contributed by atoms with Crippen LogP contribution >= 0.6 is 0 Å². The fourth-order valence-electron chi connectivity index (χ4n) is 3.70. The van der Waals surface area contributed by atoms with Gasteiger partial charge in [0.25, 0.3) is 0 Å². The second-order valence-corrected chi connectivity index (χ2v) is 12.0. The summed E-state index contributed by atoms with van der Waals surface area (Å²) in [6.07, 6.45) is 5.32. The van der Waals surface area contributed by atoms with E-state index in [0.29, 0.717) is 10.5 Å². The Kier molecular flexibility index (Phi) is 4.38.